The summed E-state index contributed by atoms with van der Waals surface area (Å²) in [4.78, 5) is 32.7. The Bertz CT molecular complexity index is 2500. The van der Waals surface area contributed by atoms with Gasteiger partial charge in [-0.1, -0.05) is 115 Å². The number of hydrogen-bond donors (Lipinski definition) is 1. The van der Waals surface area contributed by atoms with Crippen molar-refractivity contribution in [2.45, 2.75) is 62.9 Å². The summed E-state index contributed by atoms with van der Waals surface area (Å²) in [6.07, 6.45) is 1.06. The van der Waals surface area contributed by atoms with Crippen molar-refractivity contribution >= 4 is 42.1 Å². The van der Waals surface area contributed by atoms with E-state index in [9.17, 15) is 9.90 Å². The molecule has 9 rings (SSSR count). The molecule has 0 saturated carbocycles. The number of ether oxygens (including phenoxy) is 3. The highest BCUT2D eigenvalue weighted by atomic mass is 28.3. The van der Waals surface area contributed by atoms with Crippen LogP contribution in [0.2, 0.25) is 18.6 Å². The molecule has 1 spiro atoms. The minimum Gasteiger partial charge on any atom is -0.497 e. The van der Waals surface area contributed by atoms with E-state index in [2.05, 4.69) is 42.5 Å². The molecule has 4 heterocycles. The van der Waals surface area contributed by atoms with Crippen molar-refractivity contribution in [1.29, 1.82) is 0 Å². The molecule has 1 saturated heterocycles. The molecule has 5 aromatic carbocycles. The number of methoxy groups -OCH3 is 1. The number of amides is 2. The number of aliphatic hydroxyl groups excluding tert-OH is 1. The van der Waals surface area contributed by atoms with Gasteiger partial charge in [-0.15, -0.1) is 5.10 Å². The maximum absolute atomic E-state index is 15.5. The van der Waals surface area contributed by atoms with E-state index in [0.717, 1.165) is 28.1 Å². The summed E-state index contributed by atoms with van der Waals surface area (Å²) in [6.45, 7) is 7.61. The van der Waals surface area contributed by atoms with Crippen LogP contribution >= 0.6 is 0 Å². The summed E-state index contributed by atoms with van der Waals surface area (Å²) in [7, 11) is -0.799. The quantitative estimate of drug-likeness (QED) is 0.136. The Hall–Kier alpha value is -6.08. The van der Waals surface area contributed by atoms with E-state index < -0.39 is 19.8 Å². The molecule has 12 heteroatoms. The number of anilines is 3. The lowest BCUT2D eigenvalue weighted by Crippen LogP contribution is -2.51. The number of carbonyl (C=O) groups excluding carboxylic acids is 2. The Balaban J connectivity index is 1.14. The number of para-hydroxylation sites is 2. The number of fused-ring (bicyclic) bond motifs is 3. The normalized spacial score (nSPS) is 21.7. The zero-order valence-electron chi connectivity index (χ0n) is 33.6. The highest BCUT2D eigenvalue weighted by Crippen LogP contribution is 2.61. The predicted octanol–water partition coefficient (Wildman–Crippen LogP) is 7.28. The molecule has 1 N–H and O–H groups in total. The number of aliphatic hydroxyl groups is 1. The smallest absolute Gasteiger partial charge is 0.269 e. The van der Waals surface area contributed by atoms with Crippen molar-refractivity contribution in [2.24, 2.45) is 5.92 Å². The molecule has 5 atom stereocenters. The first kappa shape index (κ1) is 38.4. The number of rotatable bonds is 11. The molecular formula is C47H47N5O6Si. The van der Waals surface area contributed by atoms with Gasteiger partial charge < -0.3 is 24.2 Å². The molecule has 0 radical (unpaired) electrons. The van der Waals surface area contributed by atoms with Crippen LogP contribution in [0.3, 0.4) is 0 Å². The minimum atomic E-state index is -2.47. The van der Waals surface area contributed by atoms with Crippen LogP contribution in [-0.4, -0.2) is 59.8 Å². The molecule has 2 amide bonds. The number of benzene rings is 5. The van der Waals surface area contributed by atoms with Crippen molar-refractivity contribution in [1.82, 2.24) is 15.0 Å². The largest absolute Gasteiger partial charge is 0.497 e. The number of hydrogen-bond acceptors (Lipinski definition) is 8. The molecule has 6 aromatic rings. The Kier molecular flexibility index (Phi) is 9.94. The third-order valence-electron chi connectivity index (χ3n) is 12.6. The fraction of sp³-hybridized carbons (Fsp3) is 0.277. The van der Waals surface area contributed by atoms with Gasteiger partial charge in [0.1, 0.15) is 23.3 Å². The average Bonchev–Trinajstić information content (AvgIpc) is 3.93. The van der Waals surface area contributed by atoms with Gasteiger partial charge in [-0.05, 0) is 65.6 Å². The predicted molar refractivity (Wildman–Crippen MR) is 228 cm³/mol. The Morgan fingerprint density at radius 1 is 0.898 bits per heavy atom. The number of aromatic nitrogens is 3. The lowest BCUT2D eigenvalue weighted by molar-refractivity contribution is -0.146. The van der Waals surface area contributed by atoms with Crippen molar-refractivity contribution in [3.05, 3.63) is 156 Å². The van der Waals surface area contributed by atoms with Crippen LogP contribution < -0.4 is 24.5 Å². The number of aryl methyl sites for hydroxylation is 1. The van der Waals surface area contributed by atoms with Crippen molar-refractivity contribution in [3.63, 3.8) is 0 Å². The topological polar surface area (TPSA) is 119 Å². The molecule has 0 unspecified atom stereocenters. The fourth-order valence-corrected chi connectivity index (χ4v) is 13.7. The maximum atomic E-state index is 15.5. The van der Waals surface area contributed by atoms with Crippen molar-refractivity contribution < 1.29 is 28.9 Å². The highest BCUT2D eigenvalue weighted by Gasteiger charge is 2.66. The van der Waals surface area contributed by atoms with E-state index in [4.69, 9.17) is 14.2 Å². The minimum absolute atomic E-state index is 0.0309. The average molecular weight is 806 g/mol. The van der Waals surface area contributed by atoms with E-state index in [1.807, 2.05) is 120 Å². The summed E-state index contributed by atoms with van der Waals surface area (Å²) in [5.74, 6) is 0.824. The summed E-state index contributed by atoms with van der Waals surface area (Å²) in [5, 5.41) is 21.1. The van der Waals surface area contributed by atoms with Gasteiger partial charge in [-0.2, -0.15) is 0 Å². The van der Waals surface area contributed by atoms with Gasteiger partial charge in [-0.25, -0.2) is 0 Å². The maximum Gasteiger partial charge on any atom is 0.269 e. The van der Waals surface area contributed by atoms with Gasteiger partial charge in [0.15, 0.2) is 12.2 Å². The zero-order valence-corrected chi connectivity index (χ0v) is 34.6. The molecule has 1 aromatic heterocycles. The van der Waals surface area contributed by atoms with Crippen LogP contribution in [0.5, 0.6) is 11.5 Å². The highest BCUT2D eigenvalue weighted by molar-refractivity contribution is 6.91. The molecule has 1 fully saturated rings. The van der Waals surface area contributed by atoms with E-state index in [-0.39, 0.29) is 36.0 Å². The summed E-state index contributed by atoms with van der Waals surface area (Å²) in [5.41, 5.74) is 3.63. The van der Waals surface area contributed by atoms with Gasteiger partial charge in [0.2, 0.25) is 0 Å². The summed E-state index contributed by atoms with van der Waals surface area (Å²) >= 11 is 0. The molecule has 0 aliphatic carbocycles. The van der Waals surface area contributed by atoms with E-state index in [1.54, 1.807) is 22.9 Å². The molecular weight excluding hydrogens is 759 g/mol. The van der Waals surface area contributed by atoms with Crippen LogP contribution in [0.4, 0.5) is 17.1 Å². The van der Waals surface area contributed by atoms with Crippen molar-refractivity contribution in [3.8, 4) is 11.5 Å². The Morgan fingerprint density at radius 2 is 1.61 bits per heavy atom. The number of nitrogens with zero attached hydrogens (tertiary/aromatic N) is 5. The second-order valence-corrected chi connectivity index (χ2v) is 20.9. The first-order chi connectivity index (χ1) is 28.6. The molecule has 3 aliphatic rings. The SMILES string of the molecule is COc1ccc([Si](C)(C)[C@H]2[C@H](CCn3cc([C@H](O)c4ccccc4)nn3)O[C@@]3(C(=O)N(Cc4ccccc4)c4ccc(N5C(=O)COc6ccccc65)cc43)[C@@H]2C)cc1. The first-order valence-electron chi connectivity index (χ1n) is 20.1. The molecule has 300 valence electrons. The Labute approximate surface area is 344 Å². The first-order valence-corrected chi connectivity index (χ1v) is 23.2. The van der Waals surface area contributed by atoms with Gasteiger partial charge in [0, 0.05) is 23.7 Å². The molecule has 0 bridgehead atoms. The summed E-state index contributed by atoms with van der Waals surface area (Å²) < 4.78 is 20.6. The molecule has 59 heavy (non-hydrogen) atoms. The van der Waals surface area contributed by atoms with Crippen LogP contribution in [0.25, 0.3) is 0 Å². The molecule has 11 nitrogen and oxygen atoms in total. The Morgan fingerprint density at radius 3 is 2.36 bits per heavy atom. The lowest BCUT2D eigenvalue weighted by Gasteiger charge is -2.37. The molecule has 3 aliphatic heterocycles. The monoisotopic (exact) mass is 805 g/mol. The van der Waals surface area contributed by atoms with Gasteiger partial charge >= 0.3 is 0 Å². The summed E-state index contributed by atoms with van der Waals surface area (Å²) in [6, 6.07) is 41.1. The fourth-order valence-electron chi connectivity index (χ4n) is 9.63. The third-order valence-corrected chi connectivity index (χ3v) is 16.9. The van der Waals surface area contributed by atoms with Crippen LogP contribution in [0, 0.1) is 5.92 Å². The van der Waals surface area contributed by atoms with Crippen LogP contribution in [0.15, 0.2) is 134 Å². The van der Waals surface area contributed by atoms with E-state index in [1.165, 1.54) is 5.19 Å². The van der Waals surface area contributed by atoms with E-state index in [0.29, 0.717) is 42.3 Å². The standard InChI is InChI=1S/C47H47N5O6Si/c1-31-45(59(3,4)36-22-20-35(56-2)21-23-36)42(25-26-50-29-38(48-49-50)44(54)33-15-9-6-10-16-33)58-47(31)37-27-34(52-40-17-11-12-18-41(40)57-30-43(52)53)19-24-39(37)51(46(47)55)28-32-13-7-5-8-14-32/h5-24,27,29,31,42,44-45,54H,25-26,28,30H2,1-4H3/t31-,42+,44-,45-,47+/m1/s1. The second-order valence-electron chi connectivity index (χ2n) is 16.2. The van der Waals surface area contributed by atoms with Crippen LogP contribution in [0.1, 0.15) is 41.8 Å². The van der Waals surface area contributed by atoms with Crippen LogP contribution in [-0.2, 0) is 33.0 Å². The van der Waals surface area contributed by atoms with E-state index >= 15 is 4.79 Å². The lowest BCUT2D eigenvalue weighted by atomic mass is 9.82. The van der Waals surface area contributed by atoms with Gasteiger partial charge in [0.25, 0.3) is 11.8 Å². The van der Waals surface area contributed by atoms with Gasteiger partial charge in [-0.3, -0.25) is 19.2 Å². The second kappa shape index (κ2) is 15.3. The van der Waals surface area contributed by atoms with Gasteiger partial charge in [0.05, 0.1) is 45.4 Å². The third kappa shape index (κ3) is 6.61. The van der Waals surface area contributed by atoms with Crippen molar-refractivity contribution in [2.75, 3.05) is 23.5 Å². The number of carbonyl (C=O) groups is 2. The zero-order chi connectivity index (χ0) is 40.9.